The van der Waals surface area contributed by atoms with Gasteiger partial charge in [-0.25, -0.2) is 8.42 Å². The Hall–Kier alpha value is -1.66. The standard InChI is InChI=1S/C12H15N3O2S/c1-10(11-6-4-3-5-7-11)15(2)18(16,17)12-8-13-14-9-12/h3-10H,1-2H3,(H,13,14). The maximum absolute atomic E-state index is 12.3. The average Bonchev–Trinajstić information content (AvgIpc) is 2.92. The van der Waals surface area contributed by atoms with Gasteiger partial charge in [-0.15, -0.1) is 0 Å². The van der Waals surface area contributed by atoms with Crippen molar-refractivity contribution in [2.75, 3.05) is 7.05 Å². The Bertz CT molecular complexity index is 594. The maximum Gasteiger partial charge on any atom is 0.246 e. The first-order valence-electron chi connectivity index (χ1n) is 5.55. The van der Waals surface area contributed by atoms with Crippen molar-refractivity contribution >= 4 is 10.0 Å². The summed E-state index contributed by atoms with van der Waals surface area (Å²) in [6.07, 6.45) is 2.69. The molecule has 0 spiro atoms. The molecule has 0 bridgehead atoms. The van der Waals surface area contributed by atoms with Crippen molar-refractivity contribution in [3.8, 4) is 0 Å². The largest absolute Gasteiger partial charge is 0.284 e. The number of benzene rings is 1. The van der Waals surface area contributed by atoms with Gasteiger partial charge >= 0.3 is 0 Å². The second kappa shape index (κ2) is 4.91. The lowest BCUT2D eigenvalue weighted by molar-refractivity contribution is 0.398. The molecule has 6 heteroatoms. The Kier molecular flexibility index (Phi) is 3.49. The number of aromatic amines is 1. The molecule has 0 saturated heterocycles. The molecule has 0 aliphatic carbocycles. The number of rotatable bonds is 4. The molecule has 0 amide bonds. The molecule has 0 fully saturated rings. The number of H-pyrrole nitrogens is 1. The van der Waals surface area contributed by atoms with Gasteiger partial charge in [0, 0.05) is 19.3 Å². The van der Waals surface area contributed by atoms with Gasteiger partial charge in [-0.3, -0.25) is 5.10 Å². The van der Waals surface area contributed by atoms with Crippen molar-refractivity contribution in [3.63, 3.8) is 0 Å². The van der Waals surface area contributed by atoms with Crippen LogP contribution in [0.25, 0.3) is 0 Å². The summed E-state index contributed by atoms with van der Waals surface area (Å²) in [5.74, 6) is 0. The zero-order chi connectivity index (χ0) is 13.2. The maximum atomic E-state index is 12.3. The fraction of sp³-hybridized carbons (Fsp3) is 0.250. The Morgan fingerprint density at radius 1 is 1.28 bits per heavy atom. The molecule has 1 aromatic carbocycles. The van der Waals surface area contributed by atoms with Crippen LogP contribution in [0, 0.1) is 0 Å². The molecule has 0 aliphatic heterocycles. The first kappa shape index (κ1) is 12.8. The second-order valence-electron chi connectivity index (χ2n) is 4.04. The van der Waals surface area contributed by atoms with Crippen molar-refractivity contribution < 1.29 is 8.42 Å². The number of aromatic nitrogens is 2. The van der Waals surface area contributed by atoms with Gasteiger partial charge in [0.2, 0.25) is 10.0 Å². The highest BCUT2D eigenvalue weighted by molar-refractivity contribution is 7.89. The quantitative estimate of drug-likeness (QED) is 0.916. The van der Waals surface area contributed by atoms with E-state index in [4.69, 9.17) is 0 Å². The van der Waals surface area contributed by atoms with E-state index in [0.717, 1.165) is 5.56 Å². The van der Waals surface area contributed by atoms with E-state index in [-0.39, 0.29) is 10.9 Å². The topological polar surface area (TPSA) is 66.1 Å². The summed E-state index contributed by atoms with van der Waals surface area (Å²) in [7, 11) is -1.93. The van der Waals surface area contributed by atoms with Crippen LogP contribution in [0.1, 0.15) is 18.5 Å². The fourth-order valence-corrected chi connectivity index (χ4v) is 2.95. The van der Waals surface area contributed by atoms with Crippen molar-refractivity contribution in [3.05, 3.63) is 48.3 Å². The van der Waals surface area contributed by atoms with E-state index < -0.39 is 10.0 Å². The predicted molar refractivity (Wildman–Crippen MR) is 68.4 cm³/mol. The molecule has 0 radical (unpaired) electrons. The van der Waals surface area contributed by atoms with Crippen LogP contribution in [0.5, 0.6) is 0 Å². The molecule has 1 aromatic heterocycles. The van der Waals surface area contributed by atoms with E-state index in [1.165, 1.54) is 16.7 Å². The van der Waals surface area contributed by atoms with Gasteiger partial charge in [-0.1, -0.05) is 30.3 Å². The lowest BCUT2D eigenvalue weighted by Gasteiger charge is -2.23. The Morgan fingerprint density at radius 2 is 1.94 bits per heavy atom. The van der Waals surface area contributed by atoms with Gasteiger partial charge in [0.1, 0.15) is 4.90 Å². The minimum Gasteiger partial charge on any atom is -0.284 e. The monoisotopic (exact) mass is 265 g/mol. The molecular weight excluding hydrogens is 250 g/mol. The minimum atomic E-state index is -3.50. The molecule has 0 aliphatic rings. The number of hydrogen-bond donors (Lipinski definition) is 1. The van der Waals surface area contributed by atoms with E-state index in [1.807, 2.05) is 37.3 Å². The number of nitrogens with zero attached hydrogens (tertiary/aromatic N) is 2. The van der Waals surface area contributed by atoms with Crippen molar-refractivity contribution in [1.82, 2.24) is 14.5 Å². The van der Waals surface area contributed by atoms with Crippen LogP contribution in [0.4, 0.5) is 0 Å². The molecule has 5 nitrogen and oxygen atoms in total. The second-order valence-corrected chi connectivity index (χ2v) is 6.04. The lowest BCUT2D eigenvalue weighted by atomic mass is 10.1. The molecule has 96 valence electrons. The predicted octanol–water partition coefficient (Wildman–Crippen LogP) is 1.79. The van der Waals surface area contributed by atoms with Crippen LogP contribution in [0.15, 0.2) is 47.6 Å². The van der Waals surface area contributed by atoms with Gasteiger partial charge in [-0.05, 0) is 12.5 Å². The van der Waals surface area contributed by atoms with E-state index in [9.17, 15) is 8.42 Å². The van der Waals surface area contributed by atoms with Crippen molar-refractivity contribution in [2.24, 2.45) is 0 Å². The molecule has 1 N–H and O–H groups in total. The highest BCUT2D eigenvalue weighted by atomic mass is 32.2. The van der Waals surface area contributed by atoms with Crippen LogP contribution in [0.2, 0.25) is 0 Å². The third kappa shape index (κ3) is 2.30. The normalized spacial score (nSPS) is 13.7. The molecule has 0 saturated carbocycles. The van der Waals surface area contributed by atoms with Crippen LogP contribution in [0.3, 0.4) is 0 Å². The van der Waals surface area contributed by atoms with Crippen molar-refractivity contribution in [2.45, 2.75) is 17.9 Å². The van der Waals surface area contributed by atoms with Gasteiger partial charge in [-0.2, -0.15) is 9.40 Å². The highest BCUT2D eigenvalue weighted by Gasteiger charge is 2.26. The number of hydrogen-bond acceptors (Lipinski definition) is 3. The highest BCUT2D eigenvalue weighted by Crippen LogP contribution is 2.24. The summed E-state index contributed by atoms with van der Waals surface area (Å²) in [5, 5.41) is 6.19. The van der Waals surface area contributed by atoms with Crippen LogP contribution < -0.4 is 0 Å². The third-order valence-electron chi connectivity index (χ3n) is 2.98. The molecule has 18 heavy (non-hydrogen) atoms. The van der Waals surface area contributed by atoms with Crippen LogP contribution in [-0.4, -0.2) is 30.0 Å². The number of nitrogens with one attached hydrogen (secondary N) is 1. The van der Waals surface area contributed by atoms with Gasteiger partial charge in [0.05, 0.1) is 6.20 Å². The molecule has 1 heterocycles. The molecular formula is C12H15N3O2S. The fourth-order valence-electron chi connectivity index (χ4n) is 1.70. The Balaban J connectivity index is 2.30. The van der Waals surface area contributed by atoms with Crippen LogP contribution in [-0.2, 0) is 10.0 Å². The zero-order valence-corrected chi connectivity index (χ0v) is 11.1. The van der Waals surface area contributed by atoms with Gasteiger partial charge < -0.3 is 0 Å². The van der Waals surface area contributed by atoms with E-state index >= 15 is 0 Å². The van der Waals surface area contributed by atoms with Crippen molar-refractivity contribution in [1.29, 1.82) is 0 Å². The van der Waals surface area contributed by atoms with Gasteiger partial charge in [0.25, 0.3) is 0 Å². The van der Waals surface area contributed by atoms with Crippen LogP contribution >= 0.6 is 0 Å². The summed E-state index contributed by atoms with van der Waals surface area (Å²) in [4.78, 5) is 0.174. The summed E-state index contributed by atoms with van der Waals surface area (Å²) in [6.45, 7) is 1.85. The summed E-state index contributed by atoms with van der Waals surface area (Å²) >= 11 is 0. The lowest BCUT2D eigenvalue weighted by Crippen LogP contribution is -2.29. The van der Waals surface area contributed by atoms with E-state index in [1.54, 1.807) is 7.05 Å². The summed E-state index contributed by atoms with van der Waals surface area (Å²) in [5.41, 5.74) is 0.951. The first-order valence-corrected chi connectivity index (χ1v) is 6.99. The summed E-state index contributed by atoms with van der Waals surface area (Å²) < 4.78 is 25.9. The Labute approximate surface area is 107 Å². The molecule has 1 unspecified atom stereocenters. The third-order valence-corrected chi connectivity index (χ3v) is 4.87. The average molecular weight is 265 g/mol. The molecule has 2 aromatic rings. The first-order chi connectivity index (χ1) is 8.53. The summed E-state index contributed by atoms with van der Waals surface area (Å²) in [6, 6.07) is 9.28. The Morgan fingerprint density at radius 3 is 2.50 bits per heavy atom. The number of sulfonamides is 1. The van der Waals surface area contributed by atoms with E-state index in [2.05, 4.69) is 10.2 Å². The van der Waals surface area contributed by atoms with E-state index in [0.29, 0.717) is 0 Å². The SMILES string of the molecule is CC(c1ccccc1)N(C)S(=O)(=O)c1cn[nH]c1. The molecule has 1 atom stereocenters. The molecule has 2 rings (SSSR count). The minimum absolute atomic E-state index is 0.174. The smallest absolute Gasteiger partial charge is 0.246 e. The van der Waals surface area contributed by atoms with Gasteiger partial charge in [0.15, 0.2) is 0 Å². The zero-order valence-electron chi connectivity index (χ0n) is 10.2.